The number of benzene rings is 1. The minimum absolute atomic E-state index is 0.315. The first-order chi connectivity index (χ1) is 8.56. The maximum atomic E-state index is 13.3. The van der Waals surface area contributed by atoms with Gasteiger partial charge in [-0.3, -0.25) is 9.25 Å². The maximum Gasteiger partial charge on any atom is 0.206 e. The van der Waals surface area contributed by atoms with Gasteiger partial charge in [-0.25, -0.2) is 9.37 Å². The average Bonchev–Trinajstić information content (AvgIpc) is 2.77. The average molecular weight is 245 g/mol. The van der Waals surface area contributed by atoms with Crippen molar-refractivity contribution in [3.63, 3.8) is 0 Å². The van der Waals surface area contributed by atoms with E-state index in [0.29, 0.717) is 17.0 Å². The standard InChI is InChI=1S/C12H12FN5/c1-7-11(6-17(2)16-7)18-10-5-8(13)3-4-9(10)15-12(18)14/h3-6H,1-2H3,(H2,14,15). The first-order valence-corrected chi connectivity index (χ1v) is 5.50. The van der Waals surface area contributed by atoms with Gasteiger partial charge in [0, 0.05) is 19.3 Å². The van der Waals surface area contributed by atoms with E-state index >= 15 is 0 Å². The Labute approximate surface area is 103 Å². The zero-order valence-corrected chi connectivity index (χ0v) is 10.1. The molecule has 1 aromatic carbocycles. The number of aromatic nitrogens is 4. The minimum atomic E-state index is -0.315. The Morgan fingerprint density at radius 3 is 2.78 bits per heavy atom. The lowest BCUT2D eigenvalue weighted by Crippen LogP contribution is -2.01. The molecule has 0 fully saturated rings. The van der Waals surface area contributed by atoms with Crippen LogP contribution in [0.3, 0.4) is 0 Å². The van der Waals surface area contributed by atoms with E-state index in [1.807, 2.05) is 20.2 Å². The SMILES string of the molecule is Cc1nn(C)cc1-n1c(N)nc2ccc(F)cc21. The summed E-state index contributed by atoms with van der Waals surface area (Å²) in [5.74, 6) is 0.0110. The van der Waals surface area contributed by atoms with E-state index in [0.717, 1.165) is 11.4 Å². The number of aryl methyl sites for hydroxylation is 2. The highest BCUT2D eigenvalue weighted by atomic mass is 19.1. The maximum absolute atomic E-state index is 13.3. The quantitative estimate of drug-likeness (QED) is 0.711. The number of hydrogen-bond acceptors (Lipinski definition) is 3. The smallest absolute Gasteiger partial charge is 0.206 e. The summed E-state index contributed by atoms with van der Waals surface area (Å²) in [6, 6.07) is 4.41. The zero-order valence-electron chi connectivity index (χ0n) is 10.1. The fourth-order valence-electron chi connectivity index (χ4n) is 2.13. The third-order valence-electron chi connectivity index (χ3n) is 2.87. The molecule has 2 aromatic heterocycles. The van der Waals surface area contributed by atoms with E-state index in [-0.39, 0.29) is 5.82 Å². The number of anilines is 1. The molecule has 0 bridgehead atoms. The van der Waals surface area contributed by atoms with Crippen molar-refractivity contribution in [1.82, 2.24) is 19.3 Å². The van der Waals surface area contributed by atoms with Crippen molar-refractivity contribution in [2.75, 3.05) is 5.73 Å². The van der Waals surface area contributed by atoms with Crippen LogP contribution in [0.25, 0.3) is 16.7 Å². The first kappa shape index (κ1) is 10.8. The molecular weight excluding hydrogens is 233 g/mol. The molecule has 0 amide bonds. The number of nitrogens with zero attached hydrogens (tertiary/aromatic N) is 4. The summed E-state index contributed by atoms with van der Waals surface area (Å²) < 4.78 is 16.7. The minimum Gasteiger partial charge on any atom is -0.369 e. The summed E-state index contributed by atoms with van der Waals surface area (Å²) >= 11 is 0. The Bertz CT molecular complexity index is 740. The lowest BCUT2D eigenvalue weighted by atomic mass is 10.3. The molecule has 5 nitrogen and oxygen atoms in total. The predicted octanol–water partition coefficient (Wildman–Crippen LogP) is 1.79. The van der Waals surface area contributed by atoms with Crippen LogP contribution < -0.4 is 5.73 Å². The van der Waals surface area contributed by atoms with Crippen molar-refractivity contribution >= 4 is 17.0 Å². The van der Waals surface area contributed by atoms with Crippen LogP contribution in [0, 0.1) is 12.7 Å². The van der Waals surface area contributed by atoms with E-state index in [2.05, 4.69) is 10.1 Å². The van der Waals surface area contributed by atoms with Crippen LogP contribution in [-0.2, 0) is 7.05 Å². The van der Waals surface area contributed by atoms with Crippen LogP contribution in [-0.4, -0.2) is 19.3 Å². The second kappa shape index (κ2) is 3.56. The molecule has 6 heteroatoms. The highest BCUT2D eigenvalue weighted by Crippen LogP contribution is 2.25. The second-order valence-corrected chi connectivity index (χ2v) is 4.21. The molecule has 0 saturated heterocycles. The molecule has 2 heterocycles. The summed E-state index contributed by atoms with van der Waals surface area (Å²) in [6.45, 7) is 1.87. The van der Waals surface area contributed by atoms with Crippen LogP contribution in [0.1, 0.15) is 5.69 Å². The van der Waals surface area contributed by atoms with Gasteiger partial charge in [0.05, 0.1) is 22.4 Å². The second-order valence-electron chi connectivity index (χ2n) is 4.21. The number of imidazole rings is 1. The molecule has 0 spiro atoms. The van der Waals surface area contributed by atoms with Crippen LogP contribution >= 0.6 is 0 Å². The van der Waals surface area contributed by atoms with Gasteiger partial charge in [0.2, 0.25) is 5.95 Å². The molecule has 0 saturated carbocycles. The third kappa shape index (κ3) is 1.46. The first-order valence-electron chi connectivity index (χ1n) is 5.50. The van der Waals surface area contributed by atoms with E-state index in [1.54, 1.807) is 15.3 Å². The molecule has 0 radical (unpaired) electrons. The van der Waals surface area contributed by atoms with E-state index in [9.17, 15) is 4.39 Å². The number of nitrogens with two attached hydrogens (primary N) is 1. The largest absolute Gasteiger partial charge is 0.369 e. The van der Waals surface area contributed by atoms with E-state index in [4.69, 9.17) is 5.73 Å². The summed E-state index contributed by atoms with van der Waals surface area (Å²) in [6.07, 6.45) is 1.83. The van der Waals surface area contributed by atoms with Gasteiger partial charge in [-0.05, 0) is 19.1 Å². The van der Waals surface area contributed by atoms with Crippen molar-refractivity contribution in [3.8, 4) is 5.69 Å². The van der Waals surface area contributed by atoms with Crippen molar-refractivity contribution in [1.29, 1.82) is 0 Å². The normalized spacial score (nSPS) is 11.3. The highest BCUT2D eigenvalue weighted by Gasteiger charge is 2.14. The Balaban J connectivity index is 2.37. The monoisotopic (exact) mass is 245 g/mol. The summed E-state index contributed by atoms with van der Waals surface area (Å²) in [7, 11) is 1.83. The predicted molar refractivity (Wildman–Crippen MR) is 66.9 cm³/mol. The Hall–Kier alpha value is -2.37. The molecular formula is C12H12FN5. The number of fused-ring (bicyclic) bond motifs is 1. The van der Waals surface area contributed by atoms with Crippen molar-refractivity contribution in [2.24, 2.45) is 7.05 Å². The van der Waals surface area contributed by atoms with Crippen LogP contribution in [0.2, 0.25) is 0 Å². The number of hydrogen-bond donors (Lipinski definition) is 1. The van der Waals surface area contributed by atoms with E-state index in [1.165, 1.54) is 12.1 Å². The van der Waals surface area contributed by atoms with Gasteiger partial charge in [-0.2, -0.15) is 5.10 Å². The summed E-state index contributed by atoms with van der Waals surface area (Å²) in [4.78, 5) is 4.22. The van der Waals surface area contributed by atoms with Gasteiger partial charge in [-0.15, -0.1) is 0 Å². The highest BCUT2D eigenvalue weighted by molar-refractivity contribution is 5.81. The van der Waals surface area contributed by atoms with Crippen LogP contribution in [0.5, 0.6) is 0 Å². The fourth-order valence-corrected chi connectivity index (χ4v) is 2.13. The number of halogens is 1. The van der Waals surface area contributed by atoms with Gasteiger partial charge in [-0.1, -0.05) is 0 Å². The molecule has 2 N–H and O–H groups in total. The number of rotatable bonds is 1. The van der Waals surface area contributed by atoms with E-state index < -0.39 is 0 Å². The lowest BCUT2D eigenvalue weighted by molar-refractivity contribution is 0.629. The van der Waals surface area contributed by atoms with Crippen molar-refractivity contribution in [2.45, 2.75) is 6.92 Å². The number of nitrogen functional groups attached to an aromatic ring is 1. The van der Waals surface area contributed by atoms with Crippen LogP contribution in [0.15, 0.2) is 24.4 Å². The Morgan fingerprint density at radius 2 is 2.11 bits per heavy atom. The van der Waals surface area contributed by atoms with Crippen molar-refractivity contribution in [3.05, 3.63) is 35.9 Å². The molecule has 0 aliphatic carbocycles. The molecule has 18 heavy (non-hydrogen) atoms. The summed E-state index contributed by atoms with van der Waals surface area (Å²) in [5.41, 5.74) is 8.83. The van der Waals surface area contributed by atoms with Gasteiger partial charge < -0.3 is 5.73 Å². The Kier molecular flexibility index (Phi) is 2.13. The molecule has 3 rings (SSSR count). The molecule has 0 aliphatic heterocycles. The van der Waals surface area contributed by atoms with Crippen molar-refractivity contribution < 1.29 is 4.39 Å². The molecule has 0 unspecified atom stereocenters. The Morgan fingerprint density at radius 1 is 1.33 bits per heavy atom. The topological polar surface area (TPSA) is 61.7 Å². The van der Waals surface area contributed by atoms with Gasteiger partial charge in [0.1, 0.15) is 5.82 Å². The lowest BCUT2D eigenvalue weighted by Gasteiger charge is -2.04. The van der Waals surface area contributed by atoms with Gasteiger partial charge >= 0.3 is 0 Å². The van der Waals surface area contributed by atoms with Crippen LogP contribution in [0.4, 0.5) is 10.3 Å². The summed E-state index contributed by atoms with van der Waals surface area (Å²) in [5, 5.41) is 4.26. The fraction of sp³-hybridized carbons (Fsp3) is 0.167. The van der Waals surface area contributed by atoms with Gasteiger partial charge in [0.15, 0.2) is 0 Å². The molecule has 0 atom stereocenters. The third-order valence-corrected chi connectivity index (χ3v) is 2.87. The molecule has 92 valence electrons. The van der Waals surface area contributed by atoms with Gasteiger partial charge in [0.25, 0.3) is 0 Å². The molecule has 3 aromatic rings. The molecule has 0 aliphatic rings. The zero-order chi connectivity index (χ0) is 12.9.